The molecule has 1 aliphatic rings. The molecule has 0 saturated heterocycles. The number of amides is 1. The number of nitrogens with one attached hydrogen (secondary N) is 1. The van der Waals surface area contributed by atoms with E-state index >= 15 is 0 Å². The maximum Gasteiger partial charge on any atom is 0.329 e. The van der Waals surface area contributed by atoms with E-state index in [4.69, 9.17) is 11.6 Å². The highest BCUT2D eigenvalue weighted by Crippen LogP contribution is 2.28. The third-order valence-electron chi connectivity index (χ3n) is 3.81. The first-order valence-corrected chi connectivity index (χ1v) is 7.23. The van der Waals surface area contributed by atoms with Crippen LogP contribution in [0.1, 0.15) is 48.9 Å². The molecule has 5 heteroatoms. The van der Waals surface area contributed by atoms with Crippen LogP contribution in [-0.2, 0) is 4.79 Å². The number of hydrogen-bond acceptors (Lipinski definition) is 2. The zero-order valence-electron chi connectivity index (χ0n) is 11.2. The summed E-state index contributed by atoms with van der Waals surface area (Å²) in [6.07, 6.45) is 4.64. The molecule has 0 unspecified atom stereocenters. The van der Waals surface area contributed by atoms with Gasteiger partial charge in [-0.25, -0.2) is 4.79 Å². The molecule has 0 aromatic heterocycles. The van der Waals surface area contributed by atoms with Gasteiger partial charge in [-0.1, -0.05) is 43.4 Å². The number of hydrogen-bond donors (Lipinski definition) is 2. The van der Waals surface area contributed by atoms with Crippen molar-refractivity contribution in [1.29, 1.82) is 0 Å². The second-order valence-corrected chi connectivity index (χ2v) is 5.70. The number of carbonyl (C=O) groups excluding carboxylic acids is 1. The fourth-order valence-corrected chi connectivity index (χ4v) is 2.83. The van der Waals surface area contributed by atoms with Crippen LogP contribution in [0.15, 0.2) is 24.3 Å². The second kappa shape index (κ2) is 6.27. The second-order valence-electron chi connectivity index (χ2n) is 5.27. The number of carbonyl (C=O) groups is 2. The Balaban J connectivity index is 2.19. The van der Waals surface area contributed by atoms with E-state index in [1.807, 2.05) is 0 Å². The largest absolute Gasteiger partial charge is 0.480 e. The molecule has 0 spiro atoms. The summed E-state index contributed by atoms with van der Waals surface area (Å²) in [5.41, 5.74) is -0.752. The molecule has 1 aliphatic carbocycles. The van der Waals surface area contributed by atoms with Crippen molar-refractivity contribution in [2.75, 3.05) is 0 Å². The van der Waals surface area contributed by atoms with Crippen LogP contribution in [0, 0.1) is 0 Å². The maximum atomic E-state index is 12.3. The van der Waals surface area contributed by atoms with Gasteiger partial charge in [0.2, 0.25) is 0 Å². The Labute approximate surface area is 123 Å². The number of carboxylic acids is 1. The minimum atomic E-state index is -1.14. The topological polar surface area (TPSA) is 66.4 Å². The van der Waals surface area contributed by atoms with Gasteiger partial charge in [-0.05, 0) is 31.0 Å². The van der Waals surface area contributed by atoms with E-state index in [0.29, 0.717) is 23.4 Å². The molecule has 2 N–H and O–H groups in total. The Kier molecular flexibility index (Phi) is 4.65. The molecule has 108 valence electrons. The molecule has 0 radical (unpaired) electrons. The Hall–Kier alpha value is -1.55. The molecule has 1 saturated carbocycles. The molecule has 0 heterocycles. The predicted octanol–water partition coefficient (Wildman–Crippen LogP) is 3.25. The summed E-state index contributed by atoms with van der Waals surface area (Å²) in [4.78, 5) is 23.9. The molecule has 0 aliphatic heterocycles. The van der Waals surface area contributed by atoms with E-state index in [2.05, 4.69) is 5.32 Å². The van der Waals surface area contributed by atoms with Crippen molar-refractivity contribution >= 4 is 23.5 Å². The van der Waals surface area contributed by atoms with Gasteiger partial charge >= 0.3 is 5.97 Å². The van der Waals surface area contributed by atoms with Crippen LogP contribution in [0.25, 0.3) is 0 Å². The number of carboxylic acid groups (broad SMARTS) is 1. The van der Waals surface area contributed by atoms with Crippen LogP contribution >= 0.6 is 11.6 Å². The van der Waals surface area contributed by atoms with E-state index in [1.54, 1.807) is 24.3 Å². The van der Waals surface area contributed by atoms with E-state index < -0.39 is 11.5 Å². The minimum absolute atomic E-state index is 0.378. The van der Waals surface area contributed by atoms with Crippen molar-refractivity contribution in [3.8, 4) is 0 Å². The summed E-state index contributed by atoms with van der Waals surface area (Å²) in [6.45, 7) is 0. The lowest BCUT2D eigenvalue weighted by atomic mass is 9.90. The van der Waals surface area contributed by atoms with Gasteiger partial charge < -0.3 is 10.4 Å². The molecule has 20 heavy (non-hydrogen) atoms. The van der Waals surface area contributed by atoms with Crippen LogP contribution < -0.4 is 5.32 Å². The van der Waals surface area contributed by atoms with E-state index in [-0.39, 0.29) is 5.91 Å². The molecule has 1 amide bonds. The average Bonchev–Trinajstić information content (AvgIpc) is 2.65. The highest BCUT2D eigenvalue weighted by molar-refractivity contribution is 6.31. The van der Waals surface area contributed by atoms with Crippen molar-refractivity contribution in [2.24, 2.45) is 0 Å². The van der Waals surface area contributed by atoms with Gasteiger partial charge in [-0.3, -0.25) is 4.79 Å². The van der Waals surface area contributed by atoms with Gasteiger partial charge in [0.05, 0.1) is 0 Å². The van der Waals surface area contributed by atoms with Crippen LogP contribution in [0.5, 0.6) is 0 Å². The van der Waals surface area contributed by atoms with Gasteiger partial charge in [-0.2, -0.15) is 0 Å². The zero-order chi connectivity index (χ0) is 14.6. The molecule has 1 aromatic carbocycles. The highest BCUT2D eigenvalue weighted by atomic mass is 35.5. The molecule has 4 nitrogen and oxygen atoms in total. The molecule has 1 aromatic rings. The number of aliphatic carboxylic acids is 1. The predicted molar refractivity (Wildman–Crippen MR) is 77.0 cm³/mol. The summed E-state index contributed by atoms with van der Waals surface area (Å²) >= 11 is 5.86. The maximum absolute atomic E-state index is 12.3. The van der Waals surface area contributed by atoms with Gasteiger partial charge in [0, 0.05) is 10.6 Å². The normalized spacial score (nSPS) is 18.1. The summed E-state index contributed by atoms with van der Waals surface area (Å²) in [5.74, 6) is -1.33. The summed E-state index contributed by atoms with van der Waals surface area (Å²) in [6, 6.07) is 6.53. The van der Waals surface area contributed by atoms with Gasteiger partial charge in [0.1, 0.15) is 5.54 Å². The zero-order valence-corrected chi connectivity index (χ0v) is 11.9. The fraction of sp³-hybridized carbons (Fsp3) is 0.467. The van der Waals surface area contributed by atoms with Crippen molar-refractivity contribution in [3.05, 3.63) is 34.9 Å². The number of halogens is 1. The molecular formula is C15H18ClNO3. The van der Waals surface area contributed by atoms with Crippen molar-refractivity contribution in [1.82, 2.24) is 5.32 Å². The molecule has 2 rings (SSSR count). The van der Waals surface area contributed by atoms with Crippen molar-refractivity contribution in [3.63, 3.8) is 0 Å². The minimum Gasteiger partial charge on any atom is -0.480 e. The van der Waals surface area contributed by atoms with E-state index in [1.165, 1.54) is 0 Å². The third kappa shape index (κ3) is 3.31. The van der Waals surface area contributed by atoms with Crippen LogP contribution in [0.3, 0.4) is 0 Å². The van der Waals surface area contributed by atoms with E-state index in [0.717, 1.165) is 25.7 Å². The summed E-state index contributed by atoms with van der Waals surface area (Å²) in [5, 5.41) is 12.7. The Bertz CT molecular complexity index is 508. The first kappa shape index (κ1) is 14.9. The van der Waals surface area contributed by atoms with Crippen LogP contribution in [0.4, 0.5) is 0 Å². The van der Waals surface area contributed by atoms with Crippen LogP contribution in [0.2, 0.25) is 5.02 Å². The lowest BCUT2D eigenvalue weighted by Gasteiger charge is -2.29. The summed E-state index contributed by atoms with van der Waals surface area (Å²) < 4.78 is 0. The number of rotatable bonds is 3. The van der Waals surface area contributed by atoms with Crippen molar-refractivity contribution < 1.29 is 14.7 Å². The van der Waals surface area contributed by atoms with Gasteiger partial charge in [0.15, 0.2) is 0 Å². The van der Waals surface area contributed by atoms with Crippen LogP contribution in [-0.4, -0.2) is 22.5 Å². The quantitative estimate of drug-likeness (QED) is 0.841. The first-order chi connectivity index (χ1) is 9.53. The average molecular weight is 296 g/mol. The Morgan fingerprint density at radius 2 is 1.80 bits per heavy atom. The van der Waals surface area contributed by atoms with Gasteiger partial charge in [-0.15, -0.1) is 0 Å². The van der Waals surface area contributed by atoms with Crippen molar-refractivity contribution in [2.45, 2.75) is 44.1 Å². The molecule has 0 atom stereocenters. The monoisotopic (exact) mass is 295 g/mol. The highest BCUT2D eigenvalue weighted by Gasteiger charge is 2.40. The SMILES string of the molecule is O=C(NC1(C(=O)O)CCCCCC1)c1cccc(Cl)c1. The third-order valence-corrected chi connectivity index (χ3v) is 4.04. The fourth-order valence-electron chi connectivity index (χ4n) is 2.64. The number of benzene rings is 1. The Morgan fingerprint density at radius 3 is 2.35 bits per heavy atom. The lowest BCUT2D eigenvalue weighted by Crippen LogP contribution is -2.54. The standard InChI is InChI=1S/C15H18ClNO3/c16-12-7-5-6-11(10-12)13(18)17-15(14(19)20)8-3-1-2-4-9-15/h5-7,10H,1-4,8-9H2,(H,17,18)(H,19,20). The lowest BCUT2D eigenvalue weighted by molar-refractivity contribution is -0.145. The molecular weight excluding hydrogens is 278 g/mol. The first-order valence-electron chi connectivity index (χ1n) is 6.85. The summed E-state index contributed by atoms with van der Waals surface area (Å²) in [7, 11) is 0. The van der Waals surface area contributed by atoms with E-state index in [9.17, 15) is 14.7 Å². The van der Waals surface area contributed by atoms with Gasteiger partial charge in [0.25, 0.3) is 5.91 Å². The molecule has 1 fully saturated rings. The smallest absolute Gasteiger partial charge is 0.329 e. The molecule has 0 bridgehead atoms. The Morgan fingerprint density at radius 1 is 1.15 bits per heavy atom.